The summed E-state index contributed by atoms with van der Waals surface area (Å²) in [7, 11) is -3.64. The summed E-state index contributed by atoms with van der Waals surface area (Å²) in [5.41, 5.74) is 6.47. The van der Waals surface area contributed by atoms with E-state index in [0.717, 1.165) is 18.4 Å². The molecule has 114 valence electrons. The van der Waals surface area contributed by atoms with Gasteiger partial charge in [0, 0.05) is 29.4 Å². The quantitative estimate of drug-likeness (QED) is 0.750. The molecule has 0 spiro atoms. The molecule has 1 aliphatic heterocycles. The number of hydrogen-bond donors (Lipinski definition) is 3. The summed E-state index contributed by atoms with van der Waals surface area (Å²) < 4.78 is 33.5. The number of aromatic amines is 1. The Kier molecular flexibility index (Phi) is 3.43. The topological polar surface area (TPSA) is 97.2 Å². The van der Waals surface area contributed by atoms with Crippen LogP contribution in [0.4, 0.5) is 5.69 Å². The van der Waals surface area contributed by atoms with E-state index in [2.05, 4.69) is 9.71 Å². The van der Waals surface area contributed by atoms with Gasteiger partial charge >= 0.3 is 0 Å². The van der Waals surface area contributed by atoms with Gasteiger partial charge in [0.25, 0.3) is 0 Å². The van der Waals surface area contributed by atoms with Crippen LogP contribution in [0.5, 0.6) is 0 Å². The average Bonchev–Trinajstić information content (AvgIpc) is 2.82. The lowest BCUT2D eigenvalue weighted by Gasteiger charge is -2.33. The maximum absolute atomic E-state index is 12.7. The molecule has 1 aliphatic rings. The Labute approximate surface area is 123 Å². The van der Waals surface area contributed by atoms with Crippen molar-refractivity contribution in [3.8, 4) is 0 Å². The van der Waals surface area contributed by atoms with Crippen LogP contribution in [0, 0.1) is 0 Å². The van der Waals surface area contributed by atoms with Crippen molar-refractivity contribution in [2.24, 2.45) is 0 Å². The molecular formula is C14H19N3O3S. The number of nitrogen functional groups attached to an aromatic ring is 1. The molecule has 4 N–H and O–H groups in total. The second kappa shape index (κ2) is 5.01. The molecule has 1 saturated heterocycles. The summed E-state index contributed by atoms with van der Waals surface area (Å²) in [5.74, 6) is 0. The predicted molar refractivity (Wildman–Crippen MR) is 81.5 cm³/mol. The minimum Gasteiger partial charge on any atom is -0.399 e. The fourth-order valence-corrected chi connectivity index (χ4v) is 4.32. The lowest BCUT2D eigenvalue weighted by molar-refractivity contribution is 0.0387. The van der Waals surface area contributed by atoms with Gasteiger partial charge in [0.15, 0.2) is 0 Å². The number of rotatable bonds is 3. The Balaban J connectivity index is 1.98. The lowest BCUT2D eigenvalue weighted by atomic mass is 9.97. The van der Waals surface area contributed by atoms with Gasteiger partial charge in [0.1, 0.15) is 4.90 Å². The van der Waals surface area contributed by atoms with E-state index >= 15 is 0 Å². The first-order valence-electron chi connectivity index (χ1n) is 6.88. The van der Waals surface area contributed by atoms with Crippen LogP contribution in [-0.2, 0) is 14.8 Å². The zero-order valence-corrected chi connectivity index (χ0v) is 12.7. The van der Waals surface area contributed by atoms with Gasteiger partial charge in [-0.3, -0.25) is 0 Å². The standard InChI is InChI=1S/C14H19N3O3S/c1-14(5-2-6-20-9-14)17-21(18,19)13-8-16-12-4-3-10(15)7-11(12)13/h3-4,7-8,16-17H,2,5-6,9,15H2,1H3. The van der Waals surface area contributed by atoms with Crippen LogP contribution in [-0.4, -0.2) is 32.2 Å². The molecule has 3 rings (SSSR count). The number of nitrogens with one attached hydrogen (secondary N) is 2. The summed E-state index contributed by atoms with van der Waals surface area (Å²) in [6.45, 7) is 2.94. The van der Waals surface area contributed by atoms with Gasteiger partial charge < -0.3 is 15.5 Å². The number of aromatic nitrogens is 1. The van der Waals surface area contributed by atoms with Crippen LogP contribution in [0.2, 0.25) is 0 Å². The molecule has 1 atom stereocenters. The highest BCUT2D eigenvalue weighted by molar-refractivity contribution is 7.89. The van der Waals surface area contributed by atoms with Crippen LogP contribution in [0.25, 0.3) is 10.9 Å². The number of anilines is 1. The zero-order chi connectivity index (χ0) is 15.1. The Morgan fingerprint density at radius 2 is 2.24 bits per heavy atom. The van der Waals surface area contributed by atoms with Crippen LogP contribution < -0.4 is 10.5 Å². The second-order valence-corrected chi connectivity index (χ2v) is 7.43. The van der Waals surface area contributed by atoms with Crippen molar-refractivity contribution >= 4 is 26.6 Å². The monoisotopic (exact) mass is 309 g/mol. The summed E-state index contributed by atoms with van der Waals surface area (Å²) in [4.78, 5) is 3.18. The number of ether oxygens (including phenoxy) is 1. The van der Waals surface area contributed by atoms with Crippen molar-refractivity contribution in [1.82, 2.24) is 9.71 Å². The Morgan fingerprint density at radius 3 is 2.95 bits per heavy atom. The van der Waals surface area contributed by atoms with Crippen molar-refractivity contribution in [2.75, 3.05) is 18.9 Å². The van der Waals surface area contributed by atoms with Crippen molar-refractivity contribution in [3.63, 3.8) is 0 Å². The van der Waals surface area contributed by atoms with E-state index in [1.54, 1.807) is 18.2 Å². The summed E-state index contributed by atoms with van der Waals surface area (Å²) in [6.07, 6.45) is 3.11. The van der Waals surface area contributed by atoms with Crippen molar-refractivity contribution < 1.29 is 13.2 Å². The number of fused-ring (bicyclic) bond motifs is 1. The maximum atomic E-state index is 12.7. The minimum atomic E-state index is -3.64. The molecule has 1 aromatic carbocycles. The van der Waals surface area contributed by atoms with Gasteiger partial charge in [-0.05, 0) is 38.0 Å². The summed E-state index contributed by atoms with van der Waals surface area (Å²) in [6, 6.07) is 5.17. The van der Waals surface area contributed by atoms with E-state index in [1.807, 2.05) is 6.92 Å². The Morgan fingerprint density at radius 1 is 1.43 bits per heavy atom. The van der Waals surface area contributed by atoms with Gasteiger partial charge in [0.05, 0.1) is 12.1 Å². The molecule has 7 heteroatoms. The molecule has 0 aliphatic carbocycles. The van der Waals surface area contributed by atoms with E-state index in [1.165, 1.54) is 6.20 Å². The summed E-state index contributed by atoms with van der Waals surface area (Å²) >= 11 is 0. The molecule has 1 aromatic heterocycles. The third-order valence-corrected chi connectivity index (χ3v) is 5.45. The van der Waals surface area contributed by atoms with Crippen LogP contribution in [0.1, 0.15) is 19.8 Å². The van der Waals surface area contributed by atoms with Gasteiger partial charge in [-0.2, -0.15) is 0 Å². The first kappa shape index (κ1) is 14.4. The highest BCUT2D eigenvalue weighted by atomic mass is 32.2. The number of nitrogens with two attached hydrogens (primary N) is 1. The Bertz CT molecular complexity index is 761. The van der Waals surface area contributed by atoms with E-state index in [4.69, 9.17) is 10.5 Å². The Hall–Kier alpha value is -1.57. The normalized spacial score (nSPS) is 23.5. The highest BCUT2D eigenvalue weighted by Crippen LogP contribution is 2.27. The fraction of sp³-hybridized carbons (Fsp3) is 0.429. The fourth-order valence-electron chi connectivity index (χ4n) is 2.73. The molecule has 1 unspecified atom stereocenters. The molecule has 6 nitrogen and oxygen atoms in total. The molecule has 0 bridgehead atoms. The summed E-state index contributed by atoms with van der Waals surface area (Å²) in [5, 5.41) is 0.600. The highest BCUT2D eigenvalue weighted by Gasteiger charge is 2.33. The molecular weight excluding hydrogens is 290 g/mol. The van der Waals surface area contributed by atoms with E-state index in [9.17, 15) is 8.42 Å². The number of sulfonamides is 1. The molecule has 0 saturated carbocycles. The zero-order valence-electron chi connectivity index (χ0n) is 11.8. The van der Waals surface area contributed by atoms with E-state index in [0.29, 0.717) is 24.3 Å². The molecule has 0 amide bonds. The lowest BCUT2D eigenvalue weighted by Crippen LogP contribution is -2.51. The van der Waals surface area contributed by atoms with E-state index < -0.39 is 15.6 Å². The van der Waals surface area contributed by atoms with Crippen LogP contribution in [0.3, 0.4) is 0 Å². The van der Waals surface area contributed by atoms with Gasteiger partial charge in [-0.25, -0.2) is 13.1 Å². The van der Waals surface area contributed by atoms with Gasteiger partial charge in [0.2, 0.25) is 10.0 Å². The second-order valence-electron chi connectivity index (χ2n) is 5.78. The first-order valence-corrected chi connectivity index (χ1v) is 8.36. The molecule has 1 fully saturated rings. The number of H-pyrrole nitrogens is 1. The first-order chi connectivity index (χ1) is 9.90. The largest absolute Gasteiger partial charge is 0.399 e. The van der Waals surface area contributed by atoms with Crippen molar-refractivity contribution in [1.29, 1.82) is 0 Å². The minimum absolute atomic E-state index is 0.219. The maximum Gasteiger partial charge on any atom is 0.243 e. The SMILES string of the molecule is CC1(NS(=O)(=O)c2c[nH]c3ccc(N)cc23)CCCOC1. The van der Waals surface area contributed by atoms with Crippen LogP contribution in [0.15, 0.2) is 29.3 Å². The molecule has 2 heterocycles. The van der Waals surface area contributed by atoms with Gasteiger partial charge in [-0.15, -0.1) is 0 Å². The molecule has 2 aromatic rings. The van der Waals surface area contributed by atoms with Gasteiger partial charge in [-0.1, -0.05) is 0 Å². The molecule has 21 heavy (non-hydrogen) atoms. The average molecular weight is 309 g/mol. The smallest absolute Gasteiger partial charge is 0.243 e. The number of benzene rings is 1. The van der Waals surface area contributed by atoms with Crippen LogP contribution >= 0.6 is 0 Å². The van der Waals surface area contributed by atoms with Crippen molar-refractivity contribution in [3.05, 3.63) is 24.4 Å². The predicted octanol–water partition coefficient (Wildman–Crippen LogP) is 1.60. The molecule has 0 radical (unpaired) electrons. The third-order valence-electron chi connectivity index (χ3n) is 3.78. The number of hydrogen-bond acceptors (Lipinski definition) is 4. The van der Waals surface area contributed by atoms with E-state index in [-0.39, 0.29) is 4.90 Å². The third kappa shape index (κ3) is 2.76. The van der Waals surface area contributed by atoms with Crippen molar-refractivity contribution in [2.45, 2.75) is 30.2 Å².